The van der Waals surface area contributed by atoms with Gasteiger partial charge in [0.25, 0.3) is 0 Å². The van der Waals surface area contributed by atoms with E-state index in [4.69, 9.17) is 0 Å². The van der Waals surface area contributed by atoms with Crippen molar-refractivity contribution in [3.63, 3.8) is 0 Å². The highest BCUT2D eigenvalue weighted by Crippen LogP contribution is 2.49. The second-order valence-electron chi connectivity index (χ2n) is 10.2. The first-order valence-electron chi connectivity index (χ1n) is 11.5. The van der Waals surface area contributed by atoms with Crippen LogP contribution in [0.25, 0.3) is 11.1 Å². The number of rotatable bonds is 5. The van der Waals surface area contributed by atoms with Gasteiger partial charge in [-0.2, -0.15) is 0 Å². The highest BCUT2D eigenvalue weighted by molar-refractivity contribution is 5.84. The van der Waals surface area contributed by atoms with Gasteiger partial charge in [0.2, 0.25) is 0 Å². The van der Waals surface area contributed by atoms with Gasteiger partial charge >= 0.3 is 0 Å². The number of hydrogen-bond donors (Lipinski definition) is 2. The Balaban J connectivity index is 3.20. The molecule has 2 aromatic carbocycles. The molecule has 2 aromatic rings. The van der Waals surface area contributed by atoms with Crippen molar-refractivity contribution in [3.8, 4) is 22.6 Å². The Morgan fingerprint density at radius 3 is 0.700 bits per heavy atom. The lowest BCUT2D eigenvalue weighted by Gasteiger charge is -2.29. The van der Waals surface area contributed by atoms with Gasteiger partial charge in [0.05, 0.1) is 0 Å². The maximum Gasteiger partial charge on any atom is 0.123 e. The fourth-order valence-corrected chi connectivity index (χ4v) is 5.68. The quantitative estimate of drug-likeness (QED) is 0.518. The van der Waals surface area contributed by atoms with Crippen LogP contribution in [0.2, 0.25) is 0 Å². The van der Waals surface area contributed by atoms with Crippen LogP contribution in [-0.4, -0.2) is 10.2 Å². The maximum atomic E-state index is 11.2. The van der Waals surface area contributed by atoms with Crippen molar-refractivity contribution in [3.05, 3.63) is 44.5 Å². The van der Waals surface area contributed by atoms with Crippen molar-refractivity contribution in [1.82, 2.24) is 0 Å². The van der Waals surface area contributed by atoms with Crippen molar-refractivity contribution in [2.45, 2.75) is 107 Å². The molecule has 0 saturated heterocycles. The molecule has 0 amide bonds. The highest BCUT2D eigenvalue weighted by Gasteiger charge is 2.29. The van der Waals surface area contributed by atoms with E-state index in [0.29, 0.717) is 11.5 Å². The summed E-state index contributed by atoms with van der Waals surface area (Å²) < 4.78 is 0. The smallest absolute Gasteiger partial charge is 0.123 e. The molecule has 0 fully saturated rings. The molecule has 0 aliphatic carbocycles. The molecular formula is C28H42O2. The van der Waals surface area contributed by atoms with Crippen LogP contribution in [0.1, 0.15) is 124 Å². The first-order valence-corrected chi connectivity index (χ1v) is 11.5. The second kappa shape index (κ2) is 8.65. The number of phenols is 2. The Morgan fingerprint density at radius 2 is 0.567 bits per heavy atom. The SMILES string of the molecule is Cc1c(-c2c(C)c(C(C)C)c(O)c(C(C)C)c2C)c(C)c(C(C)C)c(O)c1C(C)C. The number of aromatic hydroxyl groups is 2. The van der Waals surface area contributed by atoms with Crippen LogP contribution in [0.15, 0.2) is 0 Å². The molecule has 2 heteroatoms. The standard InChI is InChI=1S/C28H42O2/c1-13(2)21-17(9)25(18(10)22(14(3)4)27(21)29)26-19(11)23(15(5)6)28(30)24(16(7)8)20(26)12/h13-16,29-30H,1-12H3. The third-order valence-electron chi connectivity index (χ3n) is 6.70. The Morgan fingerprint density at radius 1 is 0.400 bits per heavy atom. The summed E-state index contributed by atoms with van der Waals surface area (Å²) in [7, 11) is 0. The molecule has 2 nitrogen and oxygen atoms in total. The summed E-state index contributed by atoms with van der Waals surface area (Å²) in [5.41, 5.74) is 11.3. The minimum absolute atomic E-state index is 0.230. The Kier molecular flexibility index (Phi) is 7.01. The summed E-state index contributed by atoms with van der Waals surface area (Å²) in [6, 6.07) is 0. The van der Waals surface area contributed by atoms with Crippen molar-refractivity contribution >= 4 is 0 Å². The summed E-state index contributed by atoms with van der Waals surface area (Å²) in [6.45, 7) is 25.8. The molecule has 0 radical (unpaired) electrons. The lowest BCUT2D eigenvalue weighted by molar-refractivity contribution is 0.451. The van der Waals surface area contributed by atoms with E-state index in [0.717, 1.165) is 44.5 Å². The minimum Gasteiger partial charge on any atom is -0.507 e. The topological polar surface area (TPSA) is 40.5 Å². The summed E-state index contributed by atoms with van der Waals surface area (Å²) in [5, 5.41) is 22.4. The number of phenolic OH excluding ortho intramolecular Hbond substituents is 2. The van der Waals surface area contributed by atoms with Gasteiger partial charge in [0, 0.05) is 22.3 Å². The molecule has 0 bridgehead atoms. The van der Waals surface area contributed by atoms with Crippen molar-refractivity contribution in [2.75, 3.05) is 0 Å². The first kappa shape index (κ1) is 24.3. The zero-order valence-electron chi connectivity index (χ0n) is 21.2. The average molecular weight is 411 g/mol. The Hall–Kier alpha value is -1.96. The predicted octanol–water partition coefficient (Wildman–Crippen LogP) is 8.49. The van der Waals surface area contributed by atoms with E-state index in [1.54, 1.807) is 0 Å². The van der Waals surface area contributed by atoms with Crippen LogP contribution in [0.3, 0.4) is 0 Å². The fraction of sp³-hybridized carbons (Fsp3) is 0.571. The van der Waals surface area contributed by atoms with Crippen LogP contribution in [0, 0.1) is 27.7 Å². The number of benzene rings is 2. The molecular weight excluding hydrogens is 368 g/mol. The van der Waals surface area contributed by atoms with Gasteiger partial charge in [-0.3, -0.25) is 0 Å². The Labute approximate surface area is 184 Å². The summed E-state index contributed by atoms with van der Waals surface area (Å²) in [5.74, 6) is 1.84. The third kappa shape index (κ3) is 3.74. The summed E-state index contributed by atoms with van der Waals surface area (Å²) >= 11 is 0. The van der Waals surface area contributed by atoms with E-state index in [9.17, 15) is 10.2 Å². The molecule has 0 atom stereocenters. The largest absolute Gasteiger partial charge is 0.507 e. The van der Waals surface area contributed by atoms with Gasteiger partial charge in [0.15, 0.2) is 0 Å². The van der Waals surface area contributed by atoms with Crippen molar-refractivity contribution < 1.29 is 10.2 Å². The second-order valence-corrected chi connectivity index (χ2v) is 10.2. The molecule has 30 heavy (non-hydrogen) atoms. The van der Waals surface area contributed by atoms with E-state index in [-0.39, 0.29) is 23.7 Å². The highest BCUT2D eigenvalue weighted by atomic mass is 16.3. The zero-order valence-corrected chi connectivity index (χ0v) is 21.2. The molecule has 0 heterocycles. The van der Waals surface area contributed by atoms with E-state index in [1.165, 1.54) is 11.1 Å². The zero-order chi connectivity index (χ0) is 23.2. The van der Waals surface area contributed by atoms with Gasteiger partial charge in [-0.05, 0) is 84.7 Å². The van der Waals surface area contributed by atoms with Crippen LogP contribution in [-0.2, 0) is 0 Å². The van der Waals surface area contributed by atoms with Crippen LogP contribution < -0.4 is 0 Å². The molecule has 0 saturated carbocycles. The predicted molar refractivity (Wildman–Crippen MR) is 131 cm³/mol. The normalized spacial score (nSPS) is 12.1. The molecule has 0 spiro atoms. The fourth-order valence-electron chi connectivity index (χ4n) is 5.68. The molecule has 166 valence electrons. The van der Waals surface area contributed by atoms with Crippen LogP contribution in [0.4, 0.5) is 0 Å². The third-order valence-corrected chi connectivity index (χ3v) is 6.70. The molecule has 0 aliphatic rings. The van der Waals surface area contributed by atoms with Gasteiger partial charge in [-0.15, -0.1) is 0 Å². The van der Waals surface area contributed by atoms with Gasteiger partial charge in [-0.1, -0.05) is 55.4 Å². The van der Waals surface area contributed by atoms with E-state index in [2.05, 4.69) is 83.1 Å². The van der Waals surface area contributed by atoms with E-state index >= 15 is 0 Å². The van der Waals surface area contributed by atoms with Gasteiger partial charge in [-0.25, -0.2) is 0 Å². The van der Waals surface area contributed by atoms with Gasteiger partial charge in [0.1, 0.15) is 11.5 Å². The minimum atomic E-state index is 0.230. The van der Waals surface area contributed by atoms with Crippen LogP contribution in [0.5, 0.6) is 11.5 Å². The lowest BCUT2D eigenvalue weighted by Crippen LogP contribution is -2.09. The van der Waals surface area contributed by atoms with E-state index in [1.807, 2.05) is 0 Å². The molecule has 2 rings (SSSR count). The Bertz CT molecular complexity index is 810. The average Bonchev–Trinajstić information content (AvgIpc) is 2.55. The monoisotopic (exact) mass is 410 g/mol. The molecule has 0 unspecified atom stereocenters. The summed E-state index contributed by atoms with van der Waals surface area (Å²) in [4.78, 5) is 0. The van der Waals surface area contributed by atoms with Gasteiger partial charge < -0.3 is 10.2 Å². The number of hydrogen-bond acceptors (Lipinski definition) is 2. The summed E-state index contributed by atoms with van der Waals surface area (Å²) in [6.07, 6.45) is 0. The lowest BCUT2D eigenvalue weighted by atomic mass is 9.76. The van der Waals surface area contributed by atoms with Crippen molar-refractivity contribution in [2.24, 2.45) is 0 Å². The maximum absolute atomic E-state index is 11.2. The van der Waals surface area contributed by atoms with E-state index < -0.39 is 0 Å². The first-order chi connectivity index (χ1) is 13.7. The van der Waals surface area contributed by atoms with Crippen LogP contribution >= 0.6 is 0 Å². The molecule has 2 N–H and O–H groups in total. The van der Waals surface area contributed by atoms with Crippen molar-refractivity contribution in [1.29, 1.82) is 0 Å². The molecule has 0 aliphatic heterocycles. The molecule has 0 aromatic heterocycles.